The van der Waals surface area contributed by atoms with Crippen LogP contribution in [0.2, 0.25) is 0 Å². The monoisotopic (exact) mass is 331 g/mol. The molecule has 0 radical (unpaired) electrons. The lowest BCUT2D eigenvalue weighted by Crippen LogP contribution is -2.30. The molecule has 1 aromatic rings. The Kier molecular flexibility index (Phi) is 8.99. The van der Waals surface area contributed by atoms with Crippen molar-refractivity contribution in [2.75, 3.05) is 6.54 Å². The molecule has 1 aromatic heterocycles. The van der Waals surface area contributed by atoms with Crippen LogP contribution in [0.1, 0.15) is 57.2 Å². The number of rotatable bonds is 10. The third-order valence-electron chi connectivity index (χ3n) is 3.23. The minimum atomic E-state index is 0.655. The number of halogens is 1. The summed E-state index contributed by atoms with van der Waals surface area (Å²) < 4.78 is 1.25. The van der Waals surface area contributed by atoms with Gasteiger partial charge in [0.05, 0.1) is 3.79 Å². The number of thiophene rings is 1. The van der Waals surface area contributed by atoms with Crippen LogP contribution in [0.25, 0.3) is 0 Å². The Bertz CT molecular complexity index is 311. The number of hydrogen-bond acceptors (Lipinski definition) is 2. The highest BCUT2D eigenvalue weighted by molar-refractivity contribution is 9.11. The predicted molar refractivity (Wildman–Crippen MR) is 86.6 cm³/mol. The van der Waals surface area contributed by atoms with Crippen LogP contribution in [0.3, 0.4) is 0 Å². The third kappa shape index (κ3) is 6.91. The predicted octanol–water partition coefficient (Wildman–Crippen LogP) is 5.39. The Balaban J connectivity index is 2.26. The van der Waals surface area contributed by atoms with Crippen molar-refractivity contribution in [2.24, 2.45) is 0 Å². The summed E-state index contributed by atoms with van der Waals surface area (Å²) in [6, 6.07) is 5.06. The van der Waals surface area contributed by atoms with Crippen molar-refractivity contribution >= 4 is 27.3 Å². The topological polar surface area (TPSA) is 12.0 Å². The molecule has 1 nitrogen and oxygen atoms in total. The van der Waals surface area contributed by atoms with Gasteiger partial charge in [-0.3, -0.25) is 0 Å². The lowest BCUT2D eigenvalue weighted by molar-refractivity contribution is 0.463. The van der Waals surface area contributed by atoms with Crippen LogP contribution in [0.4, 0.5) is 0 Å². The van der Waals surface area contributed by atoms with Gasteiger partial charge in [0.1, 0.15) is 0 Å². The summed E-state index contributed by atoms with van der Waals surface area (Å²) in [5, 5.41) is 3.62. The number of likely N-dealkylation sites (N-methyl/N-ethyl adjacent to an activating group) is 1. The van der Waals surface area contributed by atoms with Crippen LogP contribution >= 0.6 is 27.3 Å². The van der Waals surface area contributed by atoms with Crippen LogP contribution < -0.4 is 5.32 Å². The lowest BCUT2D eigenvalue weighted by atomic mass is 10.0. The van der Waals surface area contributed by atoms with Crippen molar-refractivity contribution in [1.29, 1.82) is 0 Å². The average Bonchev–Trinajstić information content (AvgIpc) is 2.75. The van der Waals surface area contributed by atoms with Crippen molar-refractivity contribution in [3.63, 3.8) is 0 Å². The van der Waals surface area contributed by atoms with Crippen molar-refractivity contribution < 1.29 is 0 Å². The SMILES string of the molecule is CCCCCCCC(Cc1ccc(Br)s1)NCC. The zero-order valence-corrected chi connectivity index (χ0v) is 14.1. The fraction of sp³-hybridized carbons (Fsp3) is 0.733. The quantitative estimate of drug-likeness (QED) is 0.566. The minimum Gasteiger partial charge on any atom is -0.314 e. The fourth-order valence-electron chi connectivity index (χ4n) is 2.26. The number of hydrogen-bond donors (Lipinski definition) is 1. The first-order valence-corrected chi connectivity index (χ1v) is 8.84. The van der Waals surface area contributed by atoms with Gasteiger partial charge in [0.2, 0.25) is 0 Å². The Morgan fingerprint density at radius 1 is 1.17 bits per heavy atom. The molecule has 0 aliphatic rings. The van der Waals surface area contributed by atoms with Crippen LogP contribution in [-0.4, -0.2) is 12.6 Å². The molecule has 0 bridgehead atoms. The van der Waals surface area contributed by atoms with Gasteiger partial charge < -0.3 is 5.32 Å². The zero-order valence-electron chi connectivity index (χ0n) is 11.7. The molecule has 0 aromatic carbocycles. The molecular weight excluding hydrogens is 306 g/mol. The summed E-state index contributed by atoms with van der Waals surface area (Å²) in [7, 11) is 0. The van der Waals surface area contributed by atoms with E-state index in [4.69, 9.17) is 0 Å². The highest BCUT2D eigenvalue weighted by Crippen LogP contribution is 2.24. The first-order valence-electron chi connectivity index (χ1n) is 7.23. The minimum absolute atomic E-state index is 0.655. The van der Waals surface area contributed by atoms with E-state index in [1.165, 1.54) is 53.6 Å². The van der Waals surface area contributed by atoms with Crippen LogP contribution in [0.5, 0.6) is 0 Å². The van der Waals surface area contributed by atoms with E-state index in [1.54, 1.807) is 0 Å². The van der Waals surface area contributed by atoms with E-state index in [-0.39, 0.29) is 0 Å². The van der Waals surface area contributed by atoms with Crippen LogP contribution in [0.15, 0.2) is 15.9 Å². The van der Waals surface area contributed by atoms with Crippen molar-refractivity contribution in [2.45, 2.75) is 64.8 Å². The standard InChI is InChI=1S/C15H26BrNS/c1-3-5-6-7-8-9-13(17-4-2)12-14-10-11-15(16)18-14/h10-11,13,17H,3-9,12H2,1-2H3. The normalized spacial score (nSPS) is 12.8. The van der Waals surface area contributed by atoms with Gasteiger partial charge in [0.15, 0.2) is 0 Å². The zero-order chi connectivity index (χ0) is 13.2. The van der Waals surface area contributed by atoms with E-state index in [0.29, 0.717) is 6.04 Å². The Labute approximate surface area is 125 Å². The van der Waals surface area contributed by atoms with Gasteiger partial charge in [-0.2, -0.15) is 0 Å². The van der Waals surface area contributed by atoms with E-state index in [9.17, 15) is 0 Å². The van der Waals surface area contributed by atoms with E-state index >= 15 is 0 Å². The maximum atomic E-state index is 3.62. The Morgan fingerprint density at radius 2 is 1.94 bits per heavy atom. The molecular formula is C15H26BrNS. The molecule has 104 valence electrons. The lowest BCUT2D eigenvalue weighted by Gasteiger charge is -2.17. The van der Waals surface area contributed by atoms with Gasteiger partial charge in [-0.15, -0.1) is 11.3 Å². The molecule has 1 unspecified atom stereocenters. The maximum Gasteiger partial charge on any atom is 0.0701 e. The molecule has 0 saturated heterocycles. The first kappa shape index (κ1) is 16.2. The van der Waals surface area contributed by atoms with E-state index in [0.717, 1.165) is 6.54 Å². The van der Waals surface area contributed by atoms with Gasteiger partial charge in [-0.1, -0.05) is 46.0 Å². The van der Waals surface area contributed by atoms with Crippen molar-refractivity contribution in [1.82, 2.24) is 5.32 Å². The molecule has 0 fully saturated rings. The molecule has 1 N–H and O–H groups in total. The first-order chi connectivity index (χ1) is 8.76. The van der Waals surface area contributed by atoms with Crippen LogP contribution in [-0.2, 0) is 6.42 Å². The van der Waals surface area contributed by atoms with E-state index in [2.05, 4.69) is 47.2 Å². The summed E-state index contributed by atoms with van der Waals surface area (Å²) in [4.78, 5) is 1.49. The van der Waals surface area contributed by atoms with E-state index in [1.807, 2.05) is 11.3 Å². The second kappa shape index (κ2) is 9.99. The largest absolute Gasteiger partial charge is 0.314 e. The molecule has 1 atom stereocenters. The molecule has 0 aliphatic heterocycles. The summed E-state index contributed by atoms with van der Waals surface area (Å²) in [6.45, 7) is 5.55. The van der Waals surface area contributed by atoms with Gasteiger partial charge >= 0.3 is 0 Å². The molecule has 0 amide bonds. The van der Waals surface area contributed by atoms with Crippen molar-refractivity contribution in [3.8, 4) is 0 Å². The molecule has 1 rings (SSSR count). The molecule has 18 heavy (non-hydrogen) atoms. The highest BCUT2D eigenvalue weighted by Gasteiger charge is 2.09. The molecule has 3 heteroatoms. The highest BCUT2D eigenvalue weighted by atomic mass is 79.9. The average molecular weight is 332 g/mol. The Morgan fingerprint density at radius 3 is 2.56 bits per heavy atom. The van der Waals surface area contributed by atoms with E-state index < -0.39 is 0 Å². The van der Waals surface area contributed by atoms with Gasteiger partial charge in [0.25, 0.3) is 0 Å². The van der Waals surface area contributed by atoms with Gasteiger partial charge in [-0.05, 0) is 47.4 Å². The molecule has 0 saturated carbocycles. The maximum absolute atomic E-state index is 3.62. The molecule has 1 heterocycles. The molecule has 0 spiro atoms. The summed E-state index contributed by atoms with van der Waals surface area (Å²) in [5.41, 5.74) is 0. The second-order valence-electron chi connectivity index (χ2n) is 4.87. The van der Waals surface area contributed by atoms with Crippen LogP contribution in [0, 0.1) is 0 Å². The number of nitrogens with one attached hydrogen (secondary N) is 1. The van der Waals surface area contributed by atoms with Crippen molar-refractivity contribution in [3.05, 3.63) is 20.8 Å². The summed E-state index contributed by atoms with van der Waals surface area (Å²) >= 11 is 5.41. The van der Waals surface area contributed by atoms with Gasteiger partial charge in [0, 0.05) is 10.9 Å². The van der Waals surface area contributed by atoms with Gasteiger partial charge in [-0.25, -0.2) is 0 Å². The third-order valence-corrected chi connectivity index (χ3v) is 4.87. The summed E-state index contributed by atoms with van der Waals surface area (Å²) in [5.74, 6) is 0. The summed E-state index contributed by atoms with van der Waals surface area (Å²) in [6.07, 6.45) is 9.38. The fourth-order valence-corrected chi connectivity index (χ4v) is 3.83. The Hall–Kier alpha value is 0.140. The molecule has 0 aliphatic carbocycles. The number of unbranched alkanes of at least 4 members (excludes halogenated alkanes) is 4. The smallest absolute Gasteiger partial charge is 0.0701 e. The second-order valence-corrected chi connectivity index (χ2v) is 7.41.